The fraction of sp³-hybridized carbons (Fsp3) is 0.143. The van der Waals surface area contributed by atoms with E-state index >= 15 is 0 Å². The number of allylic oxidation sites excluding steroid dienone is 1. The van der Waals surface area contributed by atoms with Crippen LogP contribution in [0.5, 0.6) is 5.75 Å². The van der Waals surface area contributed by atoms with Gasteiger partial charge in [0, 0.05) is 36.3 Å². The average Bonchev–Trinajstić information content (AvgIpc) is 3.29. The molecule has 2 aliphatic heterocycles. The van der Waals surface area contributed by atoms with Gasteiger partial charge in [-0.3, -0.25) is 4.98 Å². The lowest BCUT2D eigenvalue weighted by molar-refractivity contribution is 0.0694. The van der Waals surface area contributed by atoms with Crippen molar-refractivity contribution in [1.29, 1.82) is 0 Å². The molecule has 5 heterocycles. The predicted molar refractivity (Wildman–Crippen MR) is 107 cm³/mol. The first-order chi connectivity index (χ1) is 14.1. The van der Waals surface area contributed by atoms with Gasteiger partial charge in [0.1, 0.15) is 0 Å². The molecule has 0 atom stereocenters. The highest BCUT2D eigenvalue weighted by molar-refractivity contribution is 6.21. The van der Waals surface area contributed by atoms with Crippen LogP contribution in [0.15, 0.2) is 46.1 Å². The van der Waals surface area contributed by atoms with Crippen LogP contribution in [0, 0.1) is 0 Å². The zero-order valence-electron chi connectivity index (χ0n) is 15.2. The van der Waals surface area contributed by atoms with Crippen LogP contribution in [0.1, 0.15) is 32.9 Å². The number of fused-ring (bicyclic) bond motifs is 2. The molecule has 0 bridgehead atoms. The summed E-state index contributed by atoms with van der Waals surface area (Å²) in [5.74, 6) is -0.888. The van der Waals surface area contributed by atoms with Crippen LogP contribution in [0.2, 0.25) is 0 Å². The van der Waals surface area contributed by atoms with Crippen LogP contribution in [0.25, 0.3) is 11.6 Å². The van der Waals surface area contributed by atoms with Gasteiger partial charge in [0.15, 0.2) is 22.9 Å². The van der Waals surface area contributed by atoms with E-state index < -0.39 is 11.7 Å². The van der Waals surface area contributed by atoms with E-state index in [4.69, 9.17) is 4.42 Å². The lowest BCUT2D eigenvalue weighted by Gasteiger charge is -2.27. The maximum absolute atomic E-state index is 11.9. The number of nitrogens with zero attached hydrogens (tertiary/aromatic N) is 4. The first-order valence-corrected chi connectivity index (χ1v) is 9.09. The van der Waals surface area contributed by atoms with Crippen molar-refractivity contribution in [2.45, 2.75) is 13.0 Å². The second kappa shape index (κ2) is 6.59. The number of carbonyl (C=O) groups is 1. The fourth-order valence-electron chi connectivity index (χ4n) is 3.65. The Kier molecular flexibility index (Phi) is 3.90. The van der Waals surface area contributed by atoms with Crippen molar-refractivity contribution in [2.24, 2.45) is 4.99 Å². The van der Waals surface area contributed by atoms with Gasteiger partial charge in [-0.25, -0.2) is 14.8 Å². The molecule has 0 unspecified atom stereocenters. The van der Waals surface area contributed by atoms with Crippen molar-refractivity contribution < 1.29 is 19.4 Å². The molecule has 0 spiro atoms. The highest BCUT2D eigenvalue weighted by atomic mass is 16.4. The van der Waals surface area contributed by atoms with Crippen molar-refractivity contribution in [3.05, 3.63) is 64.8 Å². The van der Waals surface area contributed by atoms with Crippen LogP contribution < -0.4 is 4.90 Å². The molecule has 2 aliphatic rings. The molecule has 0 aliphatic carbocycles. The largest absolute Gasteiger partial charge is 0.504 e. The van der Waals surface area contributed by atoms with E-state index in [0.29, 0.717) is 30.9 Å². The van der Waals surface area contributed by atoms with Gasteiger partial charge in [-0.15, -0.1) is 0 Å². The summed E-state index contributed by atoms with van der Waals surface area (Å²) in [5.41, 5.74) is 3.22. The standard InChI is InChI=1S/C21H16N4O4/c26-18-16(9-13-10-24-19-14(13)4-2-7-23-19)29-20(17(18)21(27)28)25-8-5-12-3-1-6-22-15(12)11-25/h1-4,6-7,9-10,26H,5,8,11H2,(H,27,28). The van der Waals surface area contributed by atoms with Crippen molar-refractivity contribution in [3.8, 4) is 5.75 Å². The smallest absolute Gasteiger partial charge is 0.345 e. The predicted octanol–water partition coefficient (Wildman–Crippen LogP) is 3.29. The Morgan fingerprint density at radius 1 is 1.21 bits per heavy atom. The van der Waals surface area contributed by atoms with Gasteiger partial charge < -0.3 is 19.5 Å². The van der Waals surface area contributed by atoms with Crippen molar-refractivity contribution >= 4 is 35.5 Å². The minimum absolute atomic E-state index is 0.0716. The summed E-state index contributed by atoms with van der Waals surface area (Å²) in [6.07, 6.45) is 7.26. The highest BCUT2D eigenvalue weighted by Gasteiger charge is 2.31. The Balaban J connectivity index is 1.56. The average molecular weight is 388 g/mol. The quantitative estimate of drug-likeness (QED) is 0.708. The second-order valence-corrected chi connectivity index (χ2v) is 6.81. The van der Waals surface area contributed by atoms with E-state index in [9.17, 15) is 15.0 Å². The molecule has 0 amide bonds. The van der Waals surface area contributed by atoms with Gasteiger partial charge in [0.25, 0.3) is 0 Å². The first-order valence-electron chi connectivity index (χ1n) is 9.09. The number of furan rings is 1. The minimum atomic E-state index is -1.25. The molecule has 0 saturated heterocycles. The molecule has 2 N–H and O–H groups in total. The summed E-state index contributed by atoms with van der Waals surface area (Å²) < 4.78 is 5.85. The molecule has 144 valence electrons. The summed E-state index contributed by atoms with van der Waals surface area (Å²) in [4.78, 5) is 26.4. The van der Waals surface area contributed by atoms with Gasteiger partial charge in [-0.05, 0) is 36.3 Å². The molecule has 29 heavy (non-hydrogen) atoms. The number of rotatable bonds is 3. The van der Waals surface area contributed by atoms with Crippen LogP contribution in [0.3, 0.4) is 0 Å². The molecule has 0 aromatic carbocycles. The number of pyridine rings is 2. The van der Waals surface area contributed by atoms with E-state index in [1.54, 1.807) is 35.7 Å². The minimum Gasteiger partial charge on any atom is -0.504 e. The highest BCUT2D eigenvalue weighted by Crippen LogP contribution is 2.40. The Bertz CT molecular complexity index is 1200. The molecule has 5 rings (SSSR count). The van der Waals surface area contributed by atoms with Crippen LogP contribution in [-0.4, -0.2) is 38.9 Å². The first kappa shape index (κ1) is 17.2. The van der Waals surface area contributed by atoms with Crippen LogP contribution in [0.4, 0.5) is 11.7 Å². The third-order valence-electron chi connectivity index (χ3n) is 5.08. The SMILES string of the molecule is O=C(O)c1c(N2CCc3cccnc3C2)oc(C=C2C=Nc3ncccc32)c1O. The third kappa shape index (κ3) is 2.85. The van der Waals surface area contributed by atoms with Crippen LogP contribution >= 0.6 is 0 Å². The lowest BCUT2D eigenvalue weighted by Crippen LogP contribution is -2.31. The van der Waals surface area contributed by atoms with Gasteiger partial charge in [0.2, 0.25) is 5.88 Å². The Labute approximate surface area is 165 Å². The summed E-state index contributed by atoms with van der Waals surface area (Å²) in [5, 5.41) is 20.3. The number of carboxylic acid groups (broad SMARTS) is 1. The Morgan fingerprint density at radius 2 is 2.03 bits per heavy atom. The van der Waals surface area contributed by atoms with Crippen molar-refractivity contribution in [3.63, 3.8) is 0 Å². The fourth-order valence-corrected chi connectivity index (χ4v) is 3.65. The molecular weight excluding hydrogens is 372 g/mol. The summed E-state index contributed by atoms with van der Waals surface area (Å²) in [6.45, 7) is 0.976. The maximum Gasteiger partial charge on any atom is 0.345 e. The summed E-state index contributed by atoms with van der Waals surface area (Å²) in [7, 11) is 0. The molecule has 0 saturated carbocycles. The number of hydrogen-bond acceptors (Lipinski definition) is 7. The molecule has 0 radical (unpaired) electrons. The molecule has 0 fully saturated rings. The van der Waals surface area contributed by atoms with E-state index in [1.807, 2.05) is 18.2 Å². The molecule has 8 nitrogen and oxygen atoms in total. The van der Waals surface area contributed by atoms with E-state index in [0.717, 1.165) is 16.8 Å². The van der Waals surface area contributed by atoms with Crippen molar-refractivity contribution in [2.75, 3.05) is 11.4 Å². The van der Waals surface area contributed by atoms with E-state index in [1.165, 1.54) is 0 Å². The normalized spacial score (nSPS) is 16.1. The van der Waals surface area contributed by atoms with Gasteiger partial charge in [-0.2, -0.15) is 0 Å². The number of hydrogen-bond donors (Lipinski definition) is 2. The molecular formula is C21H16N4O4. The monoisotopic (exact) mass is 388 g/mol. The number of aromatic nitrogens is 2. The molecule has 3 aromatic rings. The second-order valence-electron chi connectivity index (χ2n) is 6.81. The zero-order chi connectivity index (χ0) is 20.0. The number of aromatic hydroxyl groups is 1. The number of aromatic carboxylic acids is 1. The van der Waals surface area contributed by atoms with Gasteiger partial charge >= 0.3 is 5.97 Å². The van der Waals surface area contributed by atoms with Crippen LogP contribution in [-0.2, 0) is 13.0 Å². The van der Waals surface area contributed by atoms with Crippen molar-refractivity contribution in [1.82, 2.24) is 9.97 Å². The zero-order valence-corrected chi connectivity index (χ0v) is 15.2. The topological polar surface area (TPSA) is 112 Å². The number of aliphatic imine (C=N–C) groups is 1. The molecule has 8 heteroatoms. The van der Waals surface area contributed by atoms with E-state index in [2.05, 4.69) is 15.0 Å². The number of carboxylic acids is 1. The Hall–Kier alpha value is -3.94. The number of anilines is 1. The van der Waals surface area contributed by atoms with Gasteiger partial charge in [0.05, 0.1) is 12.2 Å². The summed E-state index contributed by atoms with van der Waals surface area (Å²) >= 11 is 0. The van der Waals surface area contributed by atoms with Gasteiger partial charge in [-0.1, -0.05) is 6.07 Å². The maximum atomic E-state index is 11.9. The Morgan fingerprint density at radius 3 is 2.90 bits per heavy atom. The summed E-state index contributed by atoms with van der Waals surface area (Å²) in [6, 6.07) is 7.54. The molecule has 3 aromatic heterocycles. The third-order valence-corrected chi connectivity index (χ3v) is 5.08. The lowest BCUT2D eigenvalue weighted by atomic mass is 10.0. The van der Waals surface area contributed by atoms with E-state index in [-0.39, 0.29) is 17.2 Å².